The molecular formula is C7H23N3Si2. The number of nitrogens with two attached hydrogens (primary N) is 1. The van der Waals surface area contributed by atoms with Gasteiger partial charge in [0.05, 0.1) is 0 Å². The van der Waals surface area contributed by atoms with Gasteiger partial charge in [0, 0.05) is 5.29 Å². The van der Waals surface area contributed by atoms with Gasteiger partial charge in [-0.1, -0.05) is 13.8 Å². The molecule has 0 spiro atoms. The fraction of sp³-hybridized carbons (Fsp3) is 1.00. The standard InChI is InChI=1S/C7H23N3Si2/c1-5-11(9-3)7(8)12(6-2)10-4/h7,9-12H,5-6,8H2,1-4H3. The summed E-state index contributed by atoms with van der Waals surface area (Å²) in [6, 6.07) is 2.51. The van der Waals surface area contributed by atoms with Gasteiger partial charge in [0.15, 0.2) is 0 Å². The molecular weight excluding hydrogens is 182 g/mol. The summed E-state index contributed by atoms with van der Waals surface area (Å²) in [6.07, 6.45) is 0. The lowest BCUT2D eigenvalue weighted by Crippen LogP contribution is -2.60. The SMILES string of the molecule is CC[SiH](NC)C(N)[SiH](CC)NC. The van der Waals surface area contributed by atoms with Gasteiger partial charge in [0.1, 0.15) is 17.9 Å². The van der Waals surface area contributed by atoms with Crippen LogP contribution in [0.15, 0.2) is 0 Å². The molecule has 0 saturated heterocycles. The van der Waals surface area contributed by atoms with Crippen LogP contribution >= 0.6 is 0 Å². The Hall–Kier alpha value is 0.314. The van der Waals surface area contributed by atoms with Gasteiger partial charge < -0.3 is 15.7 Å². The van der Waals surface area contributed by atoms with E-state index in [0.717, 1.165) is 0 Å². The molecule has 0 heterocycles. The van der Waals surface area contributed by atoms with Crippen LogP contribution in [0.1, 0.15) is 13.8 Å². The zero-order valence-corrected chi connectivity index (χ0v) is 11.0. The smallest absolute Gasteiger partial charge is 0.123 e. The molecule has 0 bridgehead atoms. The maximum absolute atomic E-state index is 6.20. The van der Waals surface area contributed by atoms with Crippen molar-refractivity contribution in [3.63, 3.8) is 0 Å². The van der Waals surface area contributed by atoms with Crippen molar-refractivity contribution in [2.24, 2.45) is 5.73 Å². The molecule has 3 nitrogen and oxygen atoms in total. The van der Waals surface area contributed by atoms with E-state index in [1.165, 1.54) is 12.1 Å². The minimum absolute atomic E-state index is 0.481. The first-order valence-electron chi connectivity index (χ1n) is 4.81. The van der Waals surface area contributed by atoms with Crippen LogP contribution in [0.4, 0.5) is 0 Å². The third kappa shape index (κ3) is 3.36. The molecule has 2 unspecified atom stereocenters. The van der Waals surface area contributed by atoms with E-state index in [9.17, 15) is 0 Å². The molecule has 12 heavy (non-hydrogen) atoms. The lowest BCUT2D eigenvalue weighted by molar-refractivity contribution is 1.000. The summed E-state index contributed by atoms with van der Waals surface area (Å²) in [5.41, 5.74) is 6.20. The quantitative estimate of drug-likeness (QED) is 0.504. The number of nitrogens with one attached hydrogen (secondary N) is 2. The molecule has 0 fully saturated rings. The average molecular weight is 205 g/mol. The Kier molecular flexibility index (Phi) is 6.97. The van der Waals surface area contributed by atoms with Gasteiger partial charge in [0.25, 0.3) is 0 Å². The van der Waals surface area contributed by atoms with Crippen LogP contribution in [-0.4, -0.2) is 37.3 Å². The number of hydrogen-bond donors (Lipinski definition) is 3. The lowest BCUT2D eigenvalue weighted by Gasteiger charge is -2.26. The van der Waals surface area contributed by atoms with Gasteiger partial charge in [0.2, 0.25) is 0 Å². The maximum Gasteiger partial charge on any atom is 0.123 e. The summed E-state index contributed by atoms with van der Waals surface area (Å²) in [6.45, 7) is 4.48. The maximum atomic E-state index is 6.20. The monoisotopic (exact) mass is 205 g/mol. The predicted molar refractivity (Wildman–Crippen MR) is 61.4 cm³/mol. The number of hydrogen-bond acceptors (Lipinski definition) is 3. The highest BCUT2D eigenvalue weighted by Crippen LogP contribution is 1.98. The summed E-state index contributed by atoms with van der Waals surface area (Å²) in [5.74, 6) is 0. The summed E-state index contributed by atoms with van der Waals surface area (Å²) in [7, 11) is 2.40. The fourth-order valence-corrected chi connectivity index (χ4v) is 9.32. The van der Waals surface area contributed by atoms with E-state index >= 15 is 0 Å². The Labute approximate surface area is 79.5 Å². The fourth-order valence-electron chi connectivity index (χ4n) is 1.62. The van der Waals surface area contributed by atoms with Crippen molar-refractivity contribution in [3.05, 3.63) is 0 Å². The molecule has 74 valence electrons. The molecule has 0 rings (SSSR count). The second kappa shape index (κ2) is 6.79. The molecule has 0 aliphatic carbocycles. The van der Waals surface area contributed by atoms with E-state index < -0.39 is 17.9 Å². The minimum atomic E-state index is -0.852. The topological polar surface area (TPSA) is 50.1 Å². The first kappa shape index (κ1) is 12.3. The Morgan fingerprint density at radius 1 is 1.08 bits per heavy atom. The largest absolute Gasteiger partial charge is 0.341 e. The predicted octanol–water partition coefficient (Wildman–Crippen LogP) is -0.682. The second-order valence-corrected chi connectivity index (χ2v) is 10.7. The minimum Gasteiger partial charge on any atom is -0.341 e. The normalized spacial score (nSPS) is 18.8. The Balaban J connectivity index is 4.02. The first-order chi connectivity index (χ1) is 5.71. The van der Waals surface area contributed by atoms with Gasteiger partial charge in [-0.25, -0.2) is 0 Å². The van der Waals surface area contributed by atoms with Crippen molar-refractivity contribution in [2.45, 2.75) is 31.2 Å². The van der Waals surface area contributed by atoms with Crippen LogP contribution in [0.25, 0.3) is 0 Å². The van der Waals surface area contributed by atoms with Crippen LogP contribution in [0, 0.1) is 0 Å². The van der Waals surface area contributed by atoms with E-state index in [1.807, 2.05) is 0 Å². The molecule has 4 N–H and O–H groups in total. The van der Waals surface area contributed by atoms with E-state index in [-0.39, 0.29) is 0 Å². The van der Waals surface area contributed by atoms with Gasteiger partial charge in [-0.05, 0) is 26.2 Å². The van der Waals surface area contributed by atoms with E-state index in [2.05, 4.69) is 37.9 Å². The van der Waals surface area contributed by atoms with Gasteiger partial charge in [-0.3, -0.25) is 0 Å². The molecule has 0 aromatic rings. The summed E-state index contributed by atoms with van der Waals surface area (Å²) >= 11 is 0. The summed E-state index contributed by atoms with van der Waals surface area (Å²) in [5, 5.41) is 0.481. The molecule has 5 heteroatoms. The highest BCUT2D eigenvalue weighted by Gasteiger charge is 2.24. The number of rotatable bonds is 6. The van der Waals surface area contributed by atoms with Crippen molar-refractivity contribution in [1.82, 2.24) is 9.96 Å². The molecule has 0 saturated carbocycles. The molecule has 0 aliphatic heterocycles. The van der Waals surface area contributed by atoms with Crippen LogP contribution in [0.3, 0.4) is 0 Å². The molecule has 0 aromatic carbocycles. The molecule has 0 radical (unpaired) electrons. The highest BCUT2D eigenvalue weighted by atomic mass is 28.3. The molecule has 2 atom stereocenters. The van der Waals surface area contributed by atoms with E-state index in [4.69, 9.17) is 5.73 Å². The Morgan fingerprint density at radius 2 is 1.42 bits per heavy atom. The van der Waals surface area contributed by atoms with E-state index in [0.29, 0.717) is 5.29 Å². The van der Waals surface area contributed by atoms with Crippen molar-refractivity contribution in [2.75, 3.05) is 14.1 Å². The van der Waals surface area contributed by atoms with Crippen LogP contribution in [-0.2, 0) is 0 Å². The van der Waals surface area contributed by atoms with Crippen molar-refractivity contribution in [1.29, 1.82) is 0 Å². The zero-order valence-electron chi connectivity index (χ0n) is 8.72. The van der Waals surface area contributed by atoms with Crippen LogP contribution in [0.5, 0.6) is 0 Å². The molecule has 0 aromatic heterocycles. The lowest BCUT2D eigenvalue weighted by atomic mass is 11.0. The van der Waals surface area contributed by atoms with Crippen molar-refractivity contribution >= 4 is 17.9 Å². The van der Waals surface area contributed by atoms with Gasteiger partial charge in [-0.15, -0.1) is 0 Å². The summed E-state index contributed by atoms with van der Waals surface area (Å²) in [4.78, 5) is 6.82. The third-order valence-electron chi connectivity index (χ3n) is 2.55. The average Bonchev–Trinajstić information content (AvgIpc) is 2.09. The Morgan fingerprint density at radius 3 is 1.58 bits per heavy atom. The van der Waals surface area contributed by atoms with Crippen LogP contribution < -0.4 is 15.7 Å². The zero-order chi connectivity index (χ0) is 9.56. The van der Waals surface area contributed by atoms with Gasteiger partial charge >= 0.3 is 0 Å². The first-order valence-corrected chi connectivity index (χ1v) is 8.93. The second-order valence-electron chi connectivity index (χ2n) is 3.18. The Bertz CT molecular complexity index is 92.8. The van der Waals surface area contributed by atoms with Crippen molar-refractivity contribution < 1.29 is 0 Å². The summed E-state index contributed by atoms with van der Waals surface area (Å²) < 4.78 is 0. The van der Waals surface area contributed by atoms with Crippen molar-refractivity contribution in [3.8, 4) is 0 Å². The molecule has 0 aliphatic rings. The van der Waals surface area contributed by atoms with E-state index in [1.54, 1.807) is 0 Å². The third-order valence-corrected chi connectivity index (χ3v) is 10.4. The van der Waals surface area contributed by atoms with Gasteiger partial charge in [-0.2, -0.15) is 0 Å². The highest BCUT2D eigenvalue weighted by molar-refractivity contribution is 6.77. The van der Waals surface area contributed by atoms with Crippen LogP contribution in [0.2, 0.25) is 12.1 Å². The molecule has 0 amide bonds.